The predicted molar refractivity (Wildman–Crippen MR) is 110 cm³/mol. The monoisotopic (exact) mass is 429 g/mol. The summed E-state index contributed by atoms with van der Waals surface area (Å²) in [6.07, 6.45) is 8.26. The number of carbonyl (C=O) groups excluding carboxylic acids is 4. The molecule has 0 aromatic carbocycles. The number of carbonyl (C=O) groups is 4. The van der Waals surface area contributed by atoms with Gasteiger partial charge in [-0.05, 0) is 87.5 Å². The molecule has 0 aliphatic heterocycles. The Labute approximate surface area is 183 Å². The van der Waals surface area contributed by atoms with Gasteiger partial charge in [-0.3, -0.25) is 14.4 Å². The number of Topliss-reactive ketones (excluding diaryl/α,β-unsaturated/α-hetero) is 1. The fourth-order valence-electron chi connectivity index (χ4n) is 7.79. The number of rotatable bonds is 6. The van der Waals surface area contributed by atoms with Crippen LogP contribution < -0.4 is 5.11 Å². The Morgan fingerprint density at radius 1 is 1.06 bits per heavy atom. The highest BCUT2D eigenvalue weighted by Gasteiger charge is 2.61. The number of hydrogen-bond donors (Lipinski definition) is 0. The number of fused-ring (bicyclic) bond motifs is 5. The third-order valence-electron chi connectivity index (χ3n) is 9.20. The van der Waals surface area contributed by atoms with Crippen LogP contribution in [0.4, 0.5) is 0 Å². The smallest absolute Gasteiger partial charge is 0.306 e. The lowest BCUT2D eigenvalue weighted by molar-refractivity contribution is -0.305. The van der Waals surface area contributed by atoms with Crippen molar-refractivity contribution in [3.05, 3.63) is 11.6 Å². The fraction of sp³-hybridized carbons (Fsp3) is 0.760. The van der Waals surface area contributed by atoms with Gasteiger partial charge in [-0.25, -0.2) is 0 Å². The summed E-state index contributed by atoms with van der Waals surface area (Å²) in [5.74, 6) is 0.102. The van der Waals surface area contributed by atoms with Crippen molar-refractivity contribution in [3.8, 4) is 0 Å². The summed E-state index contributed by atoms with van der Waals surface area (Å²) in [6.45, 7) is 4.25. The second-order valence-corrected chi connectivity index (χ2v) is 10.5. The molecule has 0 saturated heterocycles. The first kappa shape index (κ1) is 22.2. The van der Waals surface area contributed by atoms with Crippen molar-refractivity contribution in [1.29, 1.82) is 0 Å². The topological polar surface area (TPSA) is 101 Å². The van der Waals surface area contributed by atoms with E-state index >= 15 is 0 Å². The van der Waals surface area contributed by atoms with E-state index in [4.69, 9.17) is 4.74 Å². The normalized spacial score (nSPS) is 39.0. The zero-order valence-corrected chi connectivity index (χ0v) is 18.6. The average molecular weight is 430 g/mol. The van der Waals surface area contributed by atoms with E-state index in [9.17, 15) is 24.3 Å². The molecule has 6 heteroatoms. The first-order chi connectivity index (χ1) is 14.7. The molecule has 4 aliphatic carbocycles. The van der Waals surface area contributed by atoms with Crippen molar-refractivity contribution in [2.24, 2.45) is 34.5 Å². The molecular weight excluding hydrogens is 396 g/mol. The maximum Gasteiger partial charge on any atom is 0.306 e. The van der Waals surface area contributed by atoms with Crippen molar-refractivity contribution in [2.45, 2.75) is 78.1 Å². The summed E-state index contributed by atoms with van der Waals surface area (Å²) in [7, 11) is 0. The van der Waals surface area contributed by atoms with Crippen molar-refractivity contribution in [2.75, 3.05) is 6.61 Å². The van der Waals surface area contributed by atoms with Crippen LogP contribution in [0.3, 0.4) is 0 Å². The molecule has 170 valence electrons. The first-order valence-corrected chi connectivity index (χ1v) is 11.8. The van der Waals surface area contributed by atoms with Gasteiger partial charge in [0.1, 0.15) is 12.4 Å². The van der Waals surface area contributed by atoms with Gasteiger partial charge in [-0.15, -0.1) is 0 Å². The zero-order valence-electron chi connectivity index (χ0n) is 18.6. The molecular formula is C25H33O6-. The third-order valence-corrected chi connectivity index (χ3v) is 9.20. The summed E-state index contributed by atoms with van der Waals surface area (Å²) >= 11 is 0. The quantitative estimate of drug-likeness (QED) is 0.602. The maximum absolute atomic E-state index is 12.3. The third kappa shape index (κ3) is 3.76. The van der Waals surface area contributed by atoms with Gasteiger partial charge < -0.3 is 14.6 Å². The van der Waals surface area contributed by atoms with E-state index in [1.165, 1.54) is 0 Å². The van der Waals surface area contributed by atoms with Crippen molar-refractivity contribution < 1.29 is 29.0 Å². The summed E-state index contributed by atoms with van der Waals surface area (Å²) in [6, 6.07) is 0. The van der Waals surface area contributed by atoms with Crippen molar-refractivity contribution in [1.82, 2.24) is 0 Å². The number of hydrogen-bond acceptors (Lipinski definition) is 6. The van der Waals surface area contributed by atoms with Crippen LogP contribution in [-0.4, -0.2) is 30.1 Å². The standard InChI is InChI=1S/C25H34O6/c1-15(26)19-5-6-20-18-4-3-16-13-17(27)9-12-25(16,21(18)10-11-24(19,20)2)14-31-23(30)8-7-22(28)29/h13,18-21H,3-12,14H2,1-2H3,(H,28,29)/p-1/t18-,19-,20+,21-,24-,25-/m1/s1. The van der Waals surface area contributed by atoms with Crippen LogP contribution in [0.15, 0.2) is 11.6 Å². The second-order valence-electron chi connectivity index (χ2n) is 10.5. The Balaban J connectivity index is 1.59. The number of carboxylic acid groups (broad SMARTS) is 1. The summed E-state index contributed by atoms with van der Waals surface area (Å²) in [5, 5.41) is 10.7. The number of carboxylic acids is 1. The second kappa shape index (κ2) is 8.18. The van der Waals surface area contributed by atoms with Crippen LogP contribution >= 0.6 is 0 Å². The summed E-state index contributed by atoms with van der Waals surface area (Å²) in [4.78, 5) is 47.4. The molecule has 3 fully saturated rings. The van der Waals surface area contributed by atoms with Crippen LogP contribution in [-0.2, 0) is 23.9 Å². The fourth-order valence-corrected chi connectivity index (χ4v) is 7.79. The number of ketones is 2. The molecule has 0 spiro atoms. The Morgan fingerprint density at radius 2 is 1.84 bits per heavy atom. The molecule has 0 amide bonds. The van der Waals surface area contributed by atoms with Gasteiger partial charge in [-0.1, -0.05) is 12.5 Å². The molecule has 0 bridgehead atoms. The van der Waals surface area contributed by atoms with E-state index in [1.807, 2.05) is 0 Å². The van der Waals surface area contributed by atoms with Gasteiger partial charge >= 0.3 is 5.97 Å². The van der Waals surface area contributed by atoms with Crippen molar-refractivity contribution >= 4 is 23.5 Å². The summed E-state index contributed by atoms with van der Waals surface area (Å²) < 4.78 is 5.64. The van der Waals surface area contributed by atoms with E-state index in [2.05, 4.69) is 6.92 Å². The Kier molecular flexibility index (Phi) is 5.86. The highest BCUT2D eigenvalue weighted by Crippen LogP contribution is 2.66. The number of ether oxygens (including phenoxy) is 1. The van der Waals surface area contributed by atoms with Gasteiger partial charge in [-0.2, -0.15) is 0 Å². The summed E-state index contributed by atoms with van der Waals surface area (Å²) in [5.41, 5.74) is 0.830. The van der Waals surface area contributed by atoms with Crippen molar-refractivity contribution in [3.63, 3.8) is 0 Å². The van der Waals surface area contributed by atoms with Crippen LogP contribution in [0.5, 0.6) is 0 Å². The van der Waals surface area contributed by atoms with Crippen LogP contribution in [0.25, 0.3) is 0 Å². The molecule has 0 aromatic heterocycles. The van der Waals surface area contributed by atoms with Gasteiger partial charge in [0.15, 0.2) is 5.78 Å². The molecule has 4 rings (SSSR count). The molecule has 0 unspecified atom stereocenters. The minimum absolute atomic E-state index is 0.0467. The highest BCUT2D eigenvalue weighted by atomic mass is 16.5. The van der Waals surface area contributed by atoms with Gasteiger partial charge in [0.2, 0.25) is 0 Å². The van der Waals surface area contributed by atoms with Gasteiger partial charge in [0, 0.05) is 23.7 Å². The first-order valence-electron chi connectivity index (χ1n) is 11.8. The lowest BCUT2D eigenvalue weighted by atomic mass is 9.46. The Hall–Kier alpha value is -1.98. The number of aliphatic carboxylic acids is 1. The highest BCUT2D eigenvalue weighted by molar-refractivity contribution is 5.91. The molecule has 3 saturated carbocycles. The van der Waals surface area contributed by atoms with Crippen LogP contribution in [0.2, 0.25) is 0 Å². The van der Waals surface area contributed by atoms with E-state index in [0.29, 0.717) is 36.4 Å². The largest absolute Gasteiger partial charge is 0.550 e. The molecule has 4 aliphatic rings. The SMILES string of the molecule is CC(=O)[C@H]1CC[C@H]2[C@H]3CCC4=CC(=O)CC[C@]4(COC(=O)CCC(=O)[O-])[C@@H]3CC[C@]12C. The molecule has 0 aromatic rings. The molecule has 0 heterocycles. The van der Waals surface area contributed by atoms with Gasteiger partial charge in [0.25, 0.3) is 0 Å². The average Bonchev–Trinajstić information content (AvgIpc) is 3.08. The zero-order chi connectivity index (χ0) is 22.4. The molecule has 0 N–H and O–H groups in total. The molecule has 31 heavy (non-hydrogen) atoms. The maximum atomic E-state index is 12.3. The Morgan fingerprint density at radius 3 is 2.55 bits per heavy atom. The van der Waals surface area contributed by atoms with Crippen LogP contribution in [0, 0.1) is 34.5 Å². The van der Waals surface area contributed by atoms with Gasteiger partial charge in [0.05, 0.1) is 6.42 Å². The van der Waals surface area contributed by atoms with E-state index in [1.54, 1.807) is 13.0 Å². The lowest BCUT2D eigenvalue weighted by Gasteiger charge is -2.58. The van der Waals surface area contributed by atoms with E-state index in [0.717, 1.165) is 44.1 Å². The predicted octanol–water partition coefficient (Wildman–Crippen LogP) is 2.78. The lowest BCUT2D eigenvalue weighted by Crippen LogP contribution is -2.53. The molecule has 6 atom stereocenters. The minimum atomic E-state index is -1.26. The minimum Gasteiger partial charge on any atom is -0.550 e. The van der Waals surface area contributed by atoms with E-state index in [-0.39, 0.29) is 42.0 Å². The number of esters is 1. The molecule has 6 nitrogen and oxygen atoms in total. The van der Waals surface area contributed by atoms with E-state index < -0.39 is 11.9 Å². The Bertz CT molecular complexity index is 828. The van der Waals surface area contributed by atoms with Crippen LogP contribution in [0.1, 0.15) is 78.1 Å². The molecule has 0 radical (unpaired) electrons.